The number of hydrogen-bond acceptors (Lipinski definition) is 4. The average Bonchev–Trinajstić information content (AvgIpc) is 3.70. The summed E-state index contributed by atoms with van der Waals surface area (Å²) in [5.74, 6) is 0.463. The van der Waals surface area contributed by atoms with Gasteiger partial charge in [0.2, 0.25) is 0 Å². The second kappa shape index (κ2) is 8.58. The quantitative estimate of drug-likeness (QED) is 0.467. The summed E-state index contributed by atoms with van der Waals surface area (Å²) < 4.78 is 0. The van der Waals surface area contributed by atoms with Crippen molar-refractivity contribution in [3.05, 3.63) is 80.9 Å². The van der Waals surface area contributed by atoms with Crippen LogP contribution in [0.5, 0.6) is 0 Å². The van der Waals surface area contributed by atoms with Gasteiger partial charge in [0.25, 0.3) is 0 Å². The van der Waals surface area contributed by atoms with E-state index in [1.54, 1.807) is 0 Å². The van der Waals surface area contributed by atoms with Crippen molar-refractivity contribution in [2.24, 2.45) is 0 Å². The molecule has 2 heterocycles. The van der Waals surface area contributed by atoms with Gasteiger partial charge in [-0.15, -0.1) is 0 Å². The highest BCUT2D eigenvalue weighted by atomic mass is 35.5. The van der Waals surface area contributed by atoms with Gasteiger partial charge in [-0.3, -0.25) is 9.59 Å². The van der Waals surface area contributed by atoms with E-state index < -0.39 is 0 Å². The van der Waals surface area contributed by atoms with Crippen molar-refractivity contribution in [2.45, 2.75) is 70.1 Å². The summed E-state index contributed by atoms with van der Waals surface area (Å²) in [6.07, 6.45) is 4.34. The van der Waals surface area contributed by atoms with Crippen LogP contribution in [-0.2, 0) is 11.2 Å². The van der Waals surface area contributed by atoms with Crippen LogP contribution in [0, 0.1) is 6.92 Å². The lowest BCUT2D eigenvalue weighted by Gasteiger charge is -2.16. The minimum atomic E-state index is -0.138. The van der Waals surface area contributed by atoms with Gasteiger partial charge in [-0.25, -0.2) is 0 Å². The molecule has 1 aliphatic carbocycles. The standard InChI is InChI=1S/C27H29ClN2O2/c1-15-7-3-4-10-19(15)27(32)26-22(30-26)14-18-9-5-11-20(24(18)28)25-21(29-25)13-17-8-6-12-23(31)16(17)2/h3-5,7,9-11,21-22,25-26,29-30H,6,8,12-14H2,1-2H3. The van der Waals surface area contributed by atoms with Crippen LogP contribution >= 0.6 is 11.6 Å². The number of halogens is 1. The molecule has 2 aliphatic heterocycles. The molecule has 4 atom stereocenters. The summed E-state index contributed by atoms with van der Waals surface area (Å²) in [7, 11) is 0. The molecule has 2 saturated heterocycles. The van der Waals surface area contributed by atoms with E-state index in [2.05, 4.69) is 28.8 Å². The van der Waals surface area contributed by atoms with E-state index in [0.29, 0.717) is 18.2 Å². The number of rotatable bonds is 7. The van der Waals surface area contributed by atoms with E-state index in [9.17, 15) is 9.59 Å². The molecular weight excluding hydrogens is 420 g/mol. The summed E-state index contributed by atoms with van der Waals surface area (Å²) in [5, 5.41) is 7.70. The van der Waals surface area contributed by atoms with Crippen LogP contribution in [0.1, 0.15) is 65.7 Å². The monoisotopic (exact) mass is 448 g/mol. The average molecular weight is 449 g/mol. The second-order valence-corrected chi connectivity index (χ2v) is 9.79. The van der Waals surface area contributed by atoms with E-state index >= 15 is 0 Å². The molecule has 0 radical (unpaired) electrons. The lowest BCUT2D eigenvalue weighted by molar-refractivity contribution is -0.116. The van der Waals surface area contributed by atoms with Gasteiger partial charge >= 0.3 is 0 Å². The molecule has 32 heavy (non-hydrogen) atoms. The highest BCUT2D eigenvalue weighted by Gasteiger charge is 2.44. The molecule has 4 nitrogen and oxygen atoms in total. The van der Waals surface area contributed by atoms with Gasteiger partial charge in [0.05, 0.1) is 6.04 Å². The molecule has 0 saturated carbocycles. The maximum atomic E-state index is 12.8. The minimum Gasteiger partial charge on any atom is -0.304 e. The number of nitrogens with one attached hydrogen (secondary N) is 2. The summed E-state index contributed by atoms with van der Waals surface area (Å²) in [6.45, 7) is 3.95. The summed E-state index contributed by atoms with van der Waals surface area (Å²) in [6, 6.07) is 14.5. The Kier molecular flexibility index (Phi) is 5.79. The maximum Gasteiger partial charge on any atom is 0.181 e. The molecule has 2 N–H and O–H groups in total. The lowest BCUT2D eigenvalue weighted by atomic mass is 9.88. The Hall–Kier alpha value is -2.27. The first-order valence-electron chi connectivity index (χ1n) is 11.5. The summed E-state index contributed by atoms with van der Waals surface area (Å²) in [5.41, 5.74) is 6.28. The predicted octanol–water partition coefficient (Wildman–Crippen LogP) is 4.89. The molecule has 0 bridgehead atoms. The molecule has 5 rings (SSSR count). The third kappa shape index (κ3) is 4.19. The van der Waals surface area contributed by atoms with Gasteiger partial charge in [-0.2, -0.15) is 0 Å². The van der Waals surface area contributed by atoms with Crippen molar-refractivity contribution >= 4 is 23.2 Å². The number of Topliss-reactive ketones (excluding diaryl/α,β-unsaturated/α-hetero) is 2. The highest BCUT2D eigenvalue weighted by Crippen LogP contribution is 2.41. The summed E-state index contributed by atoms with van der Waals surface area (Å²) in [4.78, 5) is 24.9. The van der Waals surface area contributed by atoms with Crippen LogP contribution in [0.4, 0.5) is 0 Å². The molecule has 3 aliphatic rings. The van der Waals surface area contributed by atoms with Gasteiger partial charge in [0.15, 0.2) is 11.6 Å². The Morgan fingerprint density at radius 1 is 1.00 bits per heavy atom. The molecule has 0 aromatic heterocycles. The normalized spacial score (nSPS) is 26.9. The van der Waals surface area contributed by atoms with Gasteiger partial charge in [-0.1, -0.05) is 59.6 Å². The first-order chi connectivity index (χ1) is 15.4. The van der Waals surface area contributed by atoms with Crippen molar-refractivity contribution in [2.75, 3.05) is 0 Å². The molecule has 5 heteroatoms. The summed E-state index contributed by atoms with van der Waals surface area (Å²) >= 11 is 6.83. The van der Waals surface area contributed by atoms with Gasteiger partial charge in [0, 0.05) is 35.1 Å². The van der Waals surface area contributed by atoms with Crippen LogP contribution in [0.2, 0.25) is 5.02 Å². The van der Waals surface area contributed by atoms with Crippen LogP contribution in [0.15, 0.2) is 53.6 Å². The van der Waals surface area contributed by atoms with Gasteiger partial charge < -0.3 is 10.6 Å². The van der Waals surface area contributed by atoms with Gasteiger partial charge in [0.1, 0.15) is 0 Å². The number of carbonyl (C=O) groups is 2. The smallest absolute Gasteiger partial charge is 0.181 e. The first kappa shape index (κ1) is 21.6. The fourth-order valence-electron chi connectivity index (χ4n) is 5.08. The number of carbonyl (C=O) groups excluding carboxylic acids is 2. The molecular formula is C27H29ClN2O2. The largest absolute Gasteiger partial charge is 0.304 e. The third-order valence-electron chi connectivity index (χ3n) is 7.25. The zero-order chi connectivity index (χ0) is 22.4. The highest BCUT2D eigenvalue weighted by molar-refractivity contribution is 6.32. The fraction of sp³-hybridized carbons (Fsp3) is 0.407. The number of benzene rings is 2. The number of allylic oxidation sites excluding steroid dienone is 1. The Labute approximate surface area is 194 Å². The van der Waals surface area contributed by atoms with E-state index in [4.69, 9.17) is 11.6 Å². The number of aryl methyl sites for hydroxylation is 1. The molecule has 166 valence electrons. The Morgan fingerprint density at radius 3 is 2.62 bits per heavy atom. The van der Waals surface area contributed by atoms with Crippen molar-refractivity contribution in [1.29, 1.82) is 0 Å². The van der Waals surface area contributed by atoms with Crippen molar-refractivity contribution in [1.82, 2.24) is 10.6 Å². The molecule has 0 amide bonds. The molecule has 2 aromatic carbocycles. The SMILES string of the molecule is CC1=C(CC2NC2c2cccc(CC3NC3C(=O)c3ccccc3C)c2Cl)CCCC1=O. The van der Waals surface area contributed by atoms with Crippen molar-refractivity contribution < 1.29 is 9.59 Å². The second-order valence-electron chi connectivity index (χ2n) is 9.41. The van der Waals surface area contributed by atoms with Crippen LogP contribution < -0.4 is 10.6 Å². The zero-order valence-electron chi connectivity index (χ0n) is 18.6. The van der Waals surface area contributed by atoms with Crippen molar-refractivity contribution in [3.63, 3.8) is 0 Å². The van der Waals surface area contributed by atoms with Crippen LogP contribution in [0.25, 0.3) is 0 Å². The van der Waals surface area contributed by atoms with E-state index in [1.165, 1.54) is 5.57 Å². The molecule has 2 aromatic rings. The van der Waals surface area contributed by atoms with E-state index in [1.807, 2.05) is 38.1 Å². The topological polar surface area (TPSA) is 78.0 Å². The van der Waals surface area contributed by atoms with Crippen molar-refractivity contribution in [3.8, 4) is 0 Å². The van der Waals surface area contributed by atoms with Crippen LogP contribution in [0.3, 0.4) is 0 Å². The zero-order valence-corrected chi connectivity index (χ0v) is 19.3. The lowest BCUT2D eigenvalue weighted by Crippen LogP contribution is -2.13. The van der Waals surface area contributed by atoms with E-state index in [0.717, 1.165) is 58.5 Å². The van der Waals surface area contributed by atoms with Crippen LogP contribution in [-0.4, -0.2) is 29.7 Å². The minimum absolute atomic E-state index is 0.124. The number of ketones is 2. The fourth-order valence-corrected chi connectivity index (χ4v) is 5.40. The Bertz CT molecular complexity index is 1120. The Morgan fingerprint density at radius 2 is 1.81 bits per heavy atom. The van der Waals surface area contributed by atoms with Gasteiger partial charge in [-0.05, 0) is 61.8 Å². The molecule has 2 fully saturated rings. The first-order valence-corrected chi connectivity index (χ1v) is 11.9. The third-order valence-corrected chi connectivity index (χ3v) is 7.71. The van der Waals surface area contributed by atoms with E-state index in [-0.39, 0.29) is 23.9 Å². The number of hydrogen-bond donors (Lipinski definition) is 2. The Balaban J connectivity index is 1.24. The molecule has 0 spiro atoms. The maximum absolute atomic E-state index is 12.8. The molecule has 4 unspecified atom stereocenters. The predicted molar refractivity (Wildman–Crippen MR) is 127 cm³/mol.